The Morgan fingerprint density at radius 1 is 1.64 bits per heavy atom. The van der Waals surface area contributed by atoms with Crippen molar-refractivity contribution in [3.63, 3.8) is 0 Å². The standard InChI is InChI=1S/C8H13N3/c9-4-7-5-10-11-8(7)6-2-1-3-6/h5-6H,1-4,9H2,(H,10,11). The van der Waals surface area contributed by atoms with E-state index in [0.29, 0.717) is 6.54 Å². The summed E-state index contributed by atoms with van der Waals surface area (Å²) in [6.07, 6.45) is 5.80. The lowest BCUT2D eigenvalue weighted by Gasteiger charge is -2.24. The minimum Gasteiger partial charge on any atom is -0.326 e. The van der Waals surface area contributed by atoms with Crippen LogP contribution in [-0.2, 0) is 6.54 Å². The van der Waals surface area contributed by atoms with Gasteiger partial charge >= 0.3 is 0 Å². The maximum absolute atomic E-state index is 5.55. The molecule has 1 aromatic heterocycles. The molecule has 0 saturated heterocycles. The predicted octanol–water partition coefficient (Wildman–Crippen LogP) is 1.14. The fraction of sp³-hybridized carbons (Fsp3) is 0.625. The number of aromatic nitrogens is 2. The van der Waals surface area contributed by atoms with E-state index in [0.717, 1.165) is 5.92 Å². The largest absolute Gasteiger partial charge is 0.326 e. The van der Waals surface area contributed by atoms with Gasteiger partial charge in [-0.3, -0.25) is 5.10 Å². The number of hydrogen-bond acceptors (Lipinski definition) is 2. The maximum Gasteiger partial charge on any atom is 0.0535 e. The lowest BCUT2D eigenvalue weighted by molar-refractivity contribution is 0.408. The van der Waals surface area contributed by atoms with Gasteiger partial charge in [0.05, 0.1) is 6.20 Å². The van der Waals surface area contributed by atoms with Crippen LogP contribution in [0.4, 0.5) is 0 Å². The number of H-pyrrole nitrogens is 1. The van der Waals surface area contributed by atoms with Gasteiger partial charge in [0.15, 0.2) is 0 Å². The van der Waals surface area contributed by atoms with Crippen LogP contribution in [0.1, 0.15) is 36.4 Å². The average molecular weight is 151 g/mol. The molecule has 2 rings (SSSR count). The van der Waals surface area contributed by atoms with Gasteiger partial charge in [-0.1, -0.05) is 6.42 Å². The third-order valence-electron chi connectivity index (χ3n) is 2.48. The van der Waals surface area contributed by atoms with Gasteiger partial charge in [0.2, 0.25) is 0 Å². The van der Waals surface area contributed by atoms with E-state index in [1.165, 1.54) is 30.5 Å². The van der Waals surface area contributed by atoms with Gasteiger partial charge in [-0.25, -0.2) is 0 Å². The zero-order valence-corrected chi connectivity index (χ0v) is 6.51. The smallest absolute Gasteiger partial charge is 0.0535 e. The fourth-order valence-electron chi connectivity index (χ4n) is 1.53. The van der Waals surface area contributed by atoms with Crippen LogP contribution in [0, 0.1) is 0 Å². The summed E-state index contributed by atoms with van der Waals surface area (Å²) < 4.78 is 0. The van der Waals surface area contributed by atoms with Crippen LogP contribution in [0.3, 0.4) is 0 Å². The average Bonchev–Trinajstić information content (AvgIpc) is 2.32. The molecule has 3 nitrogen and oxygen atoms in total. The lowest BCUT2D eigenvalue weighted by atomic mass is 9.82. The van der Waals surface area contributed by atoms with Gasteiger partial charge in [0.25, 0.3) is 0 Å². The van der Waals surface area contributed by atoms with Crippen molar-refractivity contribution >= 4 is 0 Å². The van der Waals surface area contributed by atoms with E-state index in [1.54, 1.807) is 0 Å². The molecule has 1 fully saturated rings. The number of nitrogens with two attached hydrogens (primary N) is 1. The molecule has 1 saturated carbocycles. The summed E-state index contributed by atoms with van der Waals surface area (Å²) in [6.45, 7) is 0.613. The Bertz CT molecular complexity index is 237. The summed E-state index contributed by atoms with van der Waals surface area (Å²) in [5, 5.41) is 7.02. The Labute approximate surface area is 66.0 Å². The van der Waals surface area contributed by atoms with E-state index in [-0.39, 0.29) is 0 Å². The first-order valence-corrected chi connectivity index (χ1v) is 4.14. The molecular weight excluding hydrogens is 138 g/mol. The Hall–Kier alpha value is -0.830. The highest BCUT2D eigenvalue weighted by atomic mass is 15.1. The van der Waals surface area contributed by atoms with Gasteiger partial charge in [-0.05, 0) is 12.8 Å². The van der Waals surface area contributed by atoms with Crippen LogP contribution in [-0.4, -0.2) is 10.2 Å². The van der Waals surface area contributed by atoms with Crippen LogP contribution in [0.25, 0.3) is 0 Å². The minimum atomic E-state index is 0.613. The molecule has 1 aliphatic carbocycles. The molecule has 11 heavy (non-hydrogen) atoms. The van der Waals surface area contributed by atoms with Crippen LogP contribution < -0.4 is 5.73 Å². The lowest BCUT2D eigenvalue weighted by Crippen LogP contribution is -2.12. The summed E-state index contributed by atoms with van der Waals surface area (Å²) >= 11 is 0. The molecule has 60 valence electrons. The van der Waals surface area contributed by atoms with Gasteiger partial charge in [-0.15, -0.1) is 0 Å². The Morgan fingerprint density at radius 3 is 3.00 bits per heavy atom. The number of nitrogens with zero attached hydrogens (tertiary/aromatic N) is 1. The van der Waals surface area contributed by atoms with Crippen LogP contribution >= 0.6 is 0 Å². The first-order valence-electron chi connectivity index (χ1n) is 4.14. The topological polar surface area (TPSA) is 54.7 Å². The Morgan fingerprint density at radius 2 is 2.45 bits per heavy atom. The summed E-state index contributed by atoms with van der Waals surface area (Å²) in [5.74, 6) is 0.719. The molecule has 0 bridgehead atoms. The van der Waals surface area contributed by atoms with Gasteiger partial charge < -0.3 is 5.73 Å². The highest BCUT2D eigenvalue weighted by Gasteiger charge is 2.22. The molecule has 3 N–H and O–H groups in total. The van der Waals surface area contributed by atoms with Crippen molar-refractivity contribution in [1.82, 2.24) is 10.2 Å². The van der Waals surface area contributed by atoms with E-state index in [1.807, 2.05) is 6.20 Å². The second-order valence-electron chi connectivity index (χ2n) is 3.14. The van der Waals surface area contributed by atoms with E-state index >= 15 is 0 Å². The highest BCUT2D eigenvalue weighted by molar-refractivity contribution is 5.21. The second-order valence-corrected chi connectivity index (χ2v) is 3.14. The first kappa shape index (κ1) is 6.85. The number of nitrogens with one attached hydrogen (secondary N) is 1. The van der Waals surface area contributed by atoms with Crippen molar-refractivity contribution in [3.05, 3.63) is 17.5 Å². The third kappa shape index (κ3) is 1.05. The molecule has 0 aromatic carbocycles. The zero-order valence-electron chi connectivity index (χ0n) is 6.51. The zero-order chi connectivity index (χ0) is 7.68. The number of hydrogen-bond donors (Lipinski definition) is 2. The van der Waals surface area contributed by atoms with Gasteiger partial charge in [0.1, 0.15) is 0 Å². The summed E-state index contributed by atoms with van der Waals surface area (Å²) in [5.41, 5.74) is 8.02. The maximum atomic E-state index is 5.55. The van der Waals surface area contributed by atoms with Crippen molar-refractivity contribution < 1.29 is 0 Å². The third-order valence-corrected chi connectivity index (χ3v) is 2.48. The first-order chi connectivity index (χ1) is 5.42. The van der Waals surface area contributed by atoms with E-state index in [4.69, 9.17) is 5.73 Å². The monoisotopic (exact) mass is 151 g/mol. The van der Waals surface area contributed by atoms with Crippen LogP contribution in [0.15, 0.2) is 6.20 Å². The molecule has 3 heteroatoms. The molecule has 0 radical (unpaired) electrons. The number of aromatic amines is 1. The fourth-order valence-corrected chi connectivity index (χ4v) is 1.53. The molecule has 1 heterocycles. The van der Waals surface area contributed by atoms with Crippen molar-refractivity contribution in [2.45, 2.75) is 31.7 Å². The molecule has 0 spiro atoms. The van der Waals surface area contributed by atoms with Crippen molar-refractivity contribution in [1.29, 1.82) is 0 Å². The van der Waals surface area contributed by atoms with Gasteiger partial charge in [0, 0.05) is 23.7 Å². The summed E-state index contributed by atoms with van der Waals surface area (Å²) in [7, 11) is 0. The van der Waals surface area contributed by atoms with E-state index in [9.17, 15) is 0 Å². The Balaban J connectivity index is 2.20. The van der Waals surface area contributed by atoms with Gasteiger partial charge in [-0.2, -0.15) is 5.10 Å². The summed E-state index contributed by atoms with van der Waals surface area (Å²) in [6, 6.07) is 0. The van der Waals surface area contributed by atoms with Crippen molar-refractivity contribution in [2.24, 2.45) is 5.73 Å². The quantitative estimate of drug-likeness (QED) is 0.665. The molecule has 0 aliphatic heterocycles. The van der Waals surface area contributed by atoms with Crippen LogP contribution in [0.5, 0.6) is 0 Å². The normalized spacial score (nSPS) is 18.3. The molecule has 0 unspecified atom stereocenters. The molecular formula is C8H13N3. The molecule has 1 aromatic rings. The van der Waals surface area contributed by atoms with Crippen molar-refractivity contribution in [2.75, 3.05) is 0 Å². The summed E-state index contributed by atoms with van der Waals surface area (Å²) in [4.78, 5) is 0. The van der Waals surface area contributed by atoms with Crippen LogP contribution in [0.2, 0.25) is 0 Å². The van der Waals surface area contributed by atoms with E-state index < -0.39 is 0 Å². The highest BCUT2D eigenvalue weighted by Crippen LogP contribution is 2.36. The SMILES string of the molecule is NCc1cn[nH]c1C1CCC1. The predicted molar refractivity (Wildman–Crippen MR) is 43.1 cm³/mol. The van der Waals surface area contributed by atoms with E-state index in [2.05, 4.69) is 10.2 Å². The molecule has 1 aliphatic rings. The molecule has 0 amide bonds. The number of rotatable bonds is 2. The minimum absolute atomic E-state index is 0.613. The molecule has 0 atom stereocenters. The Kier molecular flexibility index (Phi) is 1.66. The second kappa shape index (κ2) is 2.66. The van der Waals surface area contributed by atoms with Crippen molar-refractivity contribution in [3.8, 4) is 0 Å².